The summed E-state index contributed by atoms with van der Waals surface area (Å²) in [6.07, 6.45) is 0. The molecular formula is C16H19BFNO4. The normalized spacial score (nSPS) is 24.2. The van der Waals surface area contributed by atoms with E-state index in [2.05, 4.69) is 0 Å². The Morgan fingerprint density at radius 2 is 1.78 bits per heavy atom. The Bertz CT molecular complexity index is 685. The van der Waals surface area contributed by atoms with Crippen molar-refractivity contribution in [3.8, 4) is 0 Å². The molecular weight excluding hydrogens is 300 g/mol. The number of nitrogens with zero attached hydrogens (tertiary/aromatic N) is 1. The summed E-state index contributed by atoms with van der Waals surface area (Å²) < 4.78 is 26.4. The van der Waals surface area contributed by atoms with Crippen molar-refractivity contribution in [3.05, 3.63) is 35.6 Å². The van der Waals surface area contributed by atoms with Crippen LogP contribution >= 0.6 is 0 Å². The number of rotatable bonds is 2. The molecule has 0 aliphatic carbocycles. The van der Waals surface area contributed by atoms with Gasteiger partial charge in [0, 0.05) is 5.56 Å². The average molecular weight is 319 g/mol. The van der Waals surface area contributed by atoms with Crippen LogP contribution in [0.3, 0.4) is 0 Å². The van der Waals surface area contributed by atoms with E-state index in [4.69, 9.17) is 9.31 Å². The van der Waals surface area contributed by atoms with Crippen molar-refractivity contribution in [2.75, 3.05) is 11.6 Å². The molecule has 0 saturated carbocycles. The van der Waals surface area contributed by atoms with Crippen LogP contribution < -0.4 is 4.90 Å². The Morgan fingerprint density at radius 3 is 2.35 bits per heavy atom. The molecule has 1 aromatic carbocycles. The SMILES string of the molecule is CC1(C)OB(C(F)=C2C(=O)N(CO)c3ccccc32)OC1(C)C. The number of halogens is 1. The second-order valence-electron chi connectivity index (χ2n) is 6.70. The lowest BCUT2D eigenvalue weighted by Gasteiger charge is -2.32. The first-order chi connectivity index (χ1) is 10.7. The van der Waals surface area contributed by atoms with Crippen LogP contribution in [0.25, 0.3) is 5.57 Å². The lowest BCUT2D eigenvalue weighted by Crippen LogP contribution is -2.41. The van der Waals surface area contributed by atoms with Crippen molar-refractivity contribution in [1.82, 2.24) is 0 Å². The van der Waals surface area contributed by atoms with E-state index >= 15 is 4.39 Å². The van der Waals surface area contributed by atoms with E-state index in [-0.39, 0.29) is 5.57 Å². The minimum Gasteiger partial charge on any atom is -0.398 e. The fourth-order valence-corrected chi connectivity index (χ4v) is 2.72. The van der Waals surface area contributed by atoms with Gasteiger partial charge in [-0.3, -0.25) is 9.69 Å². The van der Waals surface area contributed by atoms with Crippen LogP contribution in [-0.4, -0.2) is 36.1 Å². The first kappa shape index (κ1) is 16.2. The van der Waals surface area contributed by atoms with Crippen molar-refractivity contribution >= 4 is 24.3 Å². The summed E-state index contributed by atoms with van der Waals surface area (Å²) in [5, 5.41) is 9.41. The maximum absolute atomic E-state index is 15.0. The van der Waals surface area contributed by atoms with Crippen molar-refractivity contribution in [3.63, 3.8) is 0 Å². The molecule has 2 heterocycles. The summed E-state index contributed by atoms with van der Waals surface area (Å²) in [7, 11) is -1.24. The number of carbonyl (C=O) groups is 1. The van der Waals surface area contributed by atoms with Crippen LogP contribution in [0.1, 0.15) is 33.3 Å². The van der Waals surface area contributed by atoms with Gasteiger partial charge in [0.15, 0.2) is 0 Å². The highest BCUT2D eigenvalue weighted by molar-refractivity contribution is 6.58. The highest BCUT2D eigenvalue weighted by Gasteiger charge is 2.54. The zero-order valence-electron chi connectivity index (χ0n) is 13.6. The van der Waals surface area contributed by atoms with Gasteiger partial charge in [-0.1, -0.05) is 18.2 Å². The molecule has 5 nitrogen and oxygen atoms in total. The number of fused-ring (bicyclic) bond motifs is 1. The molecule has 0 radical (unpaired) electrons. The molecule has 1 saturated heterocycles. The fraction of sp³-hybridized carbons (Fsp3) is 0.438. The molecule has 1 amide bonds. The Labute approximate surface area is 134 Å². The number of aliphatic hydroxyl groups excluding tert-OH is 1. The van der Waals surface area contributed by atoms with E-state index in [0.29, 0.717) is 11.3 Å². The molecule has 0 unspecified atom stereocenters. The molecule has 0 aromatic heterocycles. The van der Waals surface area contributed by atoms with Crippen molar-refractivity contribution in [2.45, 2.75) is 38.9 Å². The largest absolute Gasteiger partial charge is 0.526 e. The predicted octanol–water partition coefficient (Wildman–Crippen LogP) is 2.29. The zero-order chi connectivity index (χ0) is 17.0. The van der Waals surface area contributed by atoms with Crippen LogP contribution in [-0.2, 0) is 14.1 Å². The zero-order valence-corrected chi connectivity index (χ0v) is 13.6. The molecule has 7 heteroatoms. The molecule has 2 aliphatic rings. The number of aliphatic hydroxyl groups is 1. The summed E-state index contributed by atoms with van der Waals surface area (Å²) >= 11 is 0. The molecule has 1 fully saturated rings. The quantitative estimate of drug-likeness (QED) is 0.671. The lowest BCUT2D eigenvalue weighted by molar-refractivity contribution is -0.113. The van der Waals surface area contributed by atoms with Gasteiger partial charge in [0.1, 0.15) is 12.5 Å². The standard InChI is InChI=1S/C16H19BFNO4/c1-15(2)16(3,4)23-17(22-15)13(18)12-10-7-5-6-8-11(10)19(9-20)14(12)21/h5-8,20H,9H2,1-4H3. The van der Waals surface area contributed by atoms with E-state index < -0.39 is 36.7 Å². The van der Waals surface area contributed by atoms with Crippen LogP contribution in [0.4, 0.5) is 10.1 Å². The van der Waals surface area contributed by atoms with Crippen molar-refractivity contribution in [1.29, 1.82) is 0 Å². The summed E-state index contributed by atoms with van der Waals surface area (Å²) in [6.45, 7) is 6.74. The number of anilines is 1. The average Bonchev–Trinajstić information content (AvgIpc) is 2.88. The van der Waals surface area contributed by atoms with E-state index in [1.807, 2.05) is 27.7 Å². The van der Waals surface area contributed by atoms with Gasteiger partial charge in [-0.25, -0.2) is 4.39 Å². The Balaban J connectivity index is 2.07. The van der Waals surface area contributed by atoms with Crippen LogP contribution in [0, 0.1) is 0 Å². The van der Waals surface area contributed by atoms with Crippen LogP contribution in [0.5, 0.6) is 0 Å². The second-order valence-corrected chi connectivity index (χ2v) is 6.70. The topological polar surface area (TPSA) is 59.0 Å². The fourth-order valence-electron chi connectivity index (χ4n) is 2.72. The molecule has 1 N–H and O–H groups in total. The van der Waals surface area contributed by atoms with Gasteiger partial charge >= 0.3 is 7.12 Å². The first-order valence-corrected chi connectivity index (χ1v) is 7.47. The third-order valence-electron chi connectivity index (χ3n) is 4.76. The number of para-hydroxylation sites is 1. The van der Waals surface area contributed by atoms with Crippen LogP contribution in [0.2, 0.25) is 0 Å². The Hall–Kier alpha value is -1.70. The van der Waals surface area contributed by atoms with Gasteiger partial charge in [-0.2, -0.15) is 0 Å². The Morgan fingerprint density at radius 1 is 1.22 bits per heavy atom. The maximum Gasteiger partial charge on any atom is 0.526 e. The van der Waals surface area contributed by atoms with Crippen molar-refractivity contribution < 1.29 is 23.6 Å². The molecule has 23 heavy (non-hydrogen) atoms. The summed E-state index contributed by atoms with van der Waals surface area (Å²) in [5.74, 6) is -0.596. The summed E-state index contributed by atoms with van der Waals surface area (Å²) in [5.41, 5.74) is -1.38. The Kier molecular flexibility index (Phi) is 3.63. The van der Waals surface area contributed by atoms with E-state index in [0.717, 1.165) is 4.90 Å². The third-order valence-corrected chi connectivity index (χ3v) is 4.76. The van der Waals surface area contributed by atoms with E-state index in [1.165, 1.54) is 0 Å². The van der Waals surface area contributed by atoms with Gasteiger partial charge in [0.05, 0.1) is 22.5 Å². The van der Waals surface area contributed by atoms with Gasteiger partial charge in [-0.15, -0.1) is 0 Å². The lowest BCUT2D eigenvalue weighted by atomic mass is 9.83. The number of carbonyl (C=O) groups excluding carboxylic acids is 1. The molecule has 1 aromatic rings. The van der Waals surface area contributed by atoms with E-state index in [1.54, 1.807) is 24.3 Å². The monoisotopic (exact) mass is 319 g/mol. The van der Waals surface area contributed by atoms with Crippen LogP contribution in [0.15, 0.2) is 30.0 Å². The molecule has 2 aliphatic heterocycles. The number of hydrogen-bond donors (Lipinski definition) is 1. The van der Waals surface area contributed by atoms with Gasteiger partial charge in [0.25, 0.3) is 5.91 Å². The maximum atomic E-state index is 15.0. The molecule has 0 atom stereocenters. The number of benzene rings is 1. The van der Waals surface area contributed by atoms with Crippen molar-refractivity contribution in [2.24, 2.45) is 0 Å². The minimum absolute atomic E-state index is 0.117. The van der Waals surface area contributed by atoms with Gasteiger partial charge < -0.3 is 14.4 Å². The van der Waals surface area contributed by atoms with Gasteiger partial charge in [-0.05, 0) is 33.8 Å². The molecule has 0 spiro atoms. The predicted molar refractivity (Wildman–Crippen MR) is 85.1 cm³/mol. The van der Waals surface area contributed by atoms with E-state index in [9.17, 15) is 9.90 Å². The first-order valence-electron chi connectivity index (χ1n) is 7.47. The highest BCUT2D eigenvalue weighted by atomic mass is 19.1. The third kappa shape index (κ3) is 2.31. The summed E-state index contributed by atoms with van der Waals surface area (Å²) in [6, 6.07) is 6.74. The highest BCUT2D eigenvalue weighted by Crippen LogP contribution is 2.43. The summed E-state index contributed by atoms with van der Waals surface area (Å²) in [4.78, 5) is 13.6. The minimum atomic E-state index is -1.24. The molecule has 0 bridgehead atoms. The smallest absolute Gasteiger partial charge is 0.398 e. The number of amides is 1. The molecule has 3 rings (SSSR count). The molecule has 122 valence electrons. The second kappa shape index (κ2) is 5.16. The van der Waals surface area contributed by atoms with Gasteiger partial charge in [0.2, 0.25) is 0 Å². The number of hydrogen-bond acceptors (Lipinski definition) is 4.